The Labute approximate surface area is 175 Å². The molecule has 0 radical (unpaired) electrons. The summed E-state index contributed by atoms with van der Waals surface area (Å²) in [4.78, 5) is 15.0. The molecular weight excluding hydrogens is 383 g/mol. The summed E-state index contributed by atoms with van der Waals surface area (Å²) in [7, 11) is 3.18. The number of urea groups is 1. The normalized spacial score (nSPS) is 15.3. The number of amides is 2. The highest BCUT2D eigenvalue weighted by Gasteiger charge is 2.33. The molecule has 0 aromatic heterocycles. The maximum atomic E-state index is 13.6. The number of nitrogens with one attached hydrogen (secondary N) is 1. The molecular formula is C24H23FN2O3. The van der Waals surface area contributed by atoms with Gasteiger partial charge in [-0.25, -0.2) is 9.18 Å². The zero-order chi connectivity index (χ0) is 21.1. The van der Waals surface area contributed by atoms with Crippen LogP contribution in [0, 0.1) is 5.82 Å². The van der Waals surface area contributed by atoms with E-state index in [1.54, 1.807) is 31.3 Å². The molecule has 6 heteroatoms. The molecule has 1 N–H and O–H groups in total. The van der Waals surface area contributed by atoms with Gasteiger partial charge in [0.15, 0.2) is 11.5 Å². The molecule has 30 heavy (non-hydrogen) atoms. The minimum atomic E-state index is -0.377. The van der Waals surface area contributed by atoms with Crippen molar-refractivity contribution in [1.82, 2.24) is 4.90 Å². The molecule has 0 spiro atoms. The number of carbonyl (C=O) groups is 1. The van der Waals surface area contributed by atoms with Crippen molar-refractivity contribution >= 4 is 11.7 Å². The second-order valence-corrected chi connectivity index (χ2v) is 7.10. The standard InChI is InChI=1S/C24H23FN2O3/c1-29-21-14-17-12-13-27(24(28)26-19-6-4-3-5-7-19)23(20(17)15-22(21)30-2)16-8-10-18(25)11-9-16/h3-11,14-15,23H,12-13H2,1-2H3,(H,26,28). The Kier molecular flexibility index (Phi) is 5.57. The molecule has 1 unspecified atom stereocenters. The number of anilines is 1. The van der Waals surface area contributed by atoms with Crippen LogP contribution in [-0.4, -0.2) is 31.7 Å². The molecule has 5 nitrogen and oxygen atoms in total. The number of fused-ring (bicyclic) bond motifs is 1. The number of rotatable bonds is 4. The van der Waals surface area contributed by atoms with Crippen LogP contribution in [0.2, 0.25) is 0 Å². The monoisotopic (exact) mass is 406 g/mol. The first-order valence-electron chi connectivity index (χ1n) is 9.73. The highest BCUT2D eigenvalue weighted by atomic mass is 19.1. The number of para-hydroxylation sites is 1. The largest absolute Gasteiger partial charge is 0.493 e. The van der Waals surface area contributed by atoms with Gasteiger partial charge in [0.1, 0.15) is 5.82 Å². The van der Waals surface area contributed by atoms with Gasteiger partial charge < -0.3 is 19.7 Å². The van der Waals surface area contributed by atoms with Crippen LogP contribution >= 0.6 is 0 Å². The smallest absolute Gasteiger partial charge is 0.322 e. The van der Waals surface area contributed by atoms with E-state index in [1.165, 1.54) is 12.1 Å². The molecule has 0 saturated heterocycles. The summed E-state index contributed by atoms with van der Waals surface area (Å²) >= 11 is 0. The van der Waals surface area contributed by atoms with E-state index < -0.39 is 0 Å². The number of hydrogen-bond donors (Lipinski definition) is 1. The molecule has 3 aromatic carbocycles. The third-order valence-corrected chi connectivity index (χ3v) is 5.35. The van der Waals surface area contributed by atoms with Gasteiger partial charge >= 0.3 is 6.03 Å². The van der Waals surface area contributed by atoms with Gasteiger partial charge in [0.05, 0.1) is 20.3 Å². The molecule has 1 atom stereocenters. The maximum absolute atomic E-state index is 13.6. The summed E-state index contributed by atoms with van der Waals surface area (Å²) in [5.74, 6) is 0.923. The quantitative estimate of drug-likeness (QED) is 0.662. The number of halogens is 1. The molecule has 2 amide bonds. The van der Waals surface area contributed by atoms with Gasteiger partial charge in [0.2, 0.25) is 0 Å². The van der Waals surface area contributed by atoms with Gasteiger partial charge in [0.25, 0.3) is 0 Å². The van der Waals surface area contributed by atoms with Crippen molar-refractivity contribution in [3.63, 3.8) is 0 Å². The van der Waals surface area contributed by atoms with E-state index in [0.717, 1.165) is 22.4 Å². The lowest BCUT2D eigenvalue weighted by atomic mass is 9.88. The van der Waals surface area contributed by atoms with Crippen LogP contribution in [0.3, 0.4) is 0 Å². The molecule has 4 rings (SSSR count). The molecule has 154 valence electrons. The van der Waals surface area contributed by atoms with Gasteiger partial charge in [-0.15, -0.1) is 0 Å². The summed E-state index contributed by atoms with van der Waals surface area (Å²) in [5.41, 5.74) is 3.56. The predicted molar refractivity (Wildman–Crippen MR) is 114 cm³/mol. The van der Waals surface area contributed by atoms with Crippen molar-refractivity contribution < 1.29 is 18.7 Å². The van der Waals surface area contributed by atoms with E-state index >= 15 is 0 Å². The van der Waals surface area contributed by atoms with Gasteiger partial charge in [0, 0.05) is 12.2 Å². The van der Waals surface area contributed by atoms with Crippen LogP contribution in [0.4, 0.5) is 14.9 Å². The van der Waals surface area contributed by atoms with Crippen molar-refractivity contribution in [3.05, 3.63) is 89.2 Å². The third kappa shape index (κ3) is 3.81. The fraction of sp³-hybridized carbons (Fsp3) is 0.208. The average Bonchev–Trinajstić information content (AvgIpc) is 2.78. The lowest BCUT2D eigenvalue weighted by Gasteiger charge is -2.38. The zero-order valence-corrected chi connectivity index (χ0v) is 16.9. The Morgan fingerprint density at radius 2 is 1.67 bits per heavy atom. The first kappa shape index (κ1) is 19.8. The fourth-order valence-corrected chi connectivity index (χ4v) is 3.89. The van der Waals surface area contributed by atoms with Gasteiger partial charge in [-0.2, -0.15) is 0 Å². The van der Waals surface area contributed by atoms with Gasteiger partial charge in [-0.3, -0.25) is 0 Å². The number of ether oxygens (including phenoxy) is 2. The second-order valence-electron chi connectivity index (χ2n) is 7.10. The molecule has 1 aliphatic heterocycles. The van der Waals surface area contributed by atoms with E-state index in [4.69, 9.17) is 9.47 Å². The van der Waals surface area contributed by atoms with Crippen molar-refractivity contribution in [1.29, 1.82) is 0 Å². The van der Waals surface area contributed by atoms with Crippen molar-refractivity contribution in [2.24, 2.45) is 0 Å². The summed E-state index contributed by atoms with van der Waals surface area (Å²) in [6, 6.07) is 18.9. The molecule has 0 aliphatic carbocycles. The van der Waals surface area contributed by atoms with Crippen molar-refractivity contribution in [3.8, 4) is 11.5 Å². The van der Waals surface area contributed by atoms with Crippen LogP contribution in [0.25, 0.3) is 0 Å². The van der Waals surface area contributed by atoms with Crippen molar-refractivity contribution in [2.75, 3.05) is 26.1 Å². The number of nitrogens with zero attached hydrogens (tertiary/aromatic N) is 1. The molecule has 1 aliphatic rings. The lowest BCUT2D eigenvalue weighted by Crippen LogP contribution is -2.43. The van der Waals surface area contributed by atoms with E-state index in [9.17, 15) is 9.18 Å². The molecule has 1 heterocycles. The van der Waals surface area contributed by atoms with E-state index in [-0.39, 0.29) is 17.9 Å². The minimum Gasteiger partial charge on any atom is -0.493 e. The topological polar surface area (TPSA) is 50.8 Å². The number of methoxy groups -OCH3 is 2. The Morgan fingerprint density at radius 3 is 2.33 bits per heavy atom. The third-order valence-electron chi connectivity index (χ3n) is 5.35. The van der Waals surface area contributed by atoms with Crippen molar-refractivity contribution in [2.45, 2.75) is 12.5 Å². The second kappa shape index (κ2) is 8.45. The van der Waals surface area contributed by atoms with Gasteiger partial charge in [-0.1, -0.05) is 30.3 Å². The van der Waals surface area contributed by atoms with Crippen LogP contribution in [0.15, 0.2) is 66.7 Å². The molecule has 0 fully saturated rings. The van der Waals surface area contributed by atoms with E-state index in [1.807, 2.05) is 42.5 Å². The van der Waals surface area contributed by atoms with Crippen LogP contribution in [0.5, 0.6) is 11.5 Å². The number of carbonyl (C=O) groups excluding carboxylic acids is 1. The zero-order valence-electron chi connectivity index (χ0n) is 16.9. The Hall–Kier alpha value is -3.54. The maximum Gasteiger partial charge on any atom is 0.322 e. The SMILES string of the molecule is COc1cc2c(cc1OC)C(c1ccc(F)cc1)N(C(=O)Nc1ccccc1)CC2. The summed E-state index contributed by atoms with van der Waals surface area (Å²) in [5, 5.41) is 2.96. The highest BCUT2D eigenvalue weighted by Crippen LogP contribution is 2.41. The minimum absolute atomic E-state index is 0.212. The summed E-state index contributed by atoms with van der Waals surface area (Å²) in [6.45, 7) is 0.517. The molecule has 3 aromatic rings. The van der Waals surface area contributed by atoms with Gasteiger partial charge in [-0.05, 0) is 59.5 Å². The molecule has 0 saturated carbocycles. The summed E-state index contributed by atoms with van der Waals surface area (Å²) in [6.07, 6.45) is 0.676. The average molecular weight is 406 g/mol. The number of benzene rings is 3. The number of hydrogen-bond acceptors (Lipinski definition) is 3. The Bertz CT molecular complexity index is 1040. The Balaban J connectivity index is 1.77. The first-order chi connectivity index (χ1) is 14.6. The first-order valence-corrected chi connectivity index (χ1v) is 9.73. The Morgan fingerprint density at radius 1 is 1.00 bits per heavy atom. The summed E-state index contributed by atoms with van der Waals surface area (Å²) < 4.78 is 24.5. The predicted octanol–water partition coefficient (Wildman–Crippen LogP) is 5.02. The van der Waals surface area contributed by atoms with E-state index in [2.05, 4.69) is 5.32 Å². The molecule has 0 bridgehead atoms. The highest BCUT2D eigenvalue weighted by molar-refractivity contribution is 5.90. The fourth-order valence-electron chi connectivity index (χ4n) is 3.89. The van der Waals surface area contributed by atoms with Crippen LogP contribution in [0.1, 0.15) is 22.7 Å². The van der Waals surface area contributed by atoms with Crippen LogP contribution < -0.4 is 14.8 Å². The van der Waals surface area contributed by atoms with Crippen LogP contribution in [-0.2, 0) is 6.42 Å². The van der Waals surface area contributed by atoms with E-state index in [0.29, 0.717) is 24.5 Å². The lowest BCUT2D eigenvalue weighted by molar-refractivity contribution is 0.193.